The highest BCUT2D eigenvalue weighted by molar-refractivity contribution is 7.24. The summed E-state index contributed by atoms with van der Waals surface area (Å²) in [5.41, 5.74) is -4.62. The summed E-state index contributed by atoms with van der Waals surface area (Å²) < 4.78 is 111. The largest absolute Gasteiger partial charge is 0.494 e. The van der Waals surface area contributed by atoms with Crippen molar-refractivity contribution < 1.29 is 46.0 Å². The minimum atomic E-state index is -5.74. The Hall–Kier alpha value is -3.92. The third-order valence-electron chi connectivity index (χ3n) is 11.2. The van der Waals surface area contributed by atoms with Gasteiger partial charge in [0.15, 0.2) is 0 Å². The van der Waals surface area contributed by atoms with Crippen LogP contribution in [0.2, 0.25) is 0 Å². The first kappa shape index (κ1) is 44.7. The van der Waals surface area contributed by atoms with Crippen molar-refractivity contribution in [1.29, 1.82) is 0 Å². The standard InChI is InChI=1S/C48H46F6O4S4/c1-43(2,3)37-19-17-33(59-37)35-25-31-39-40(47(51,52)48(53,54)46(39,49)50)32-26-36(34-18-20-38(60-34)44(4,5)6)62-42(32)45(41(31)61-35,27-9-13-29(14-10-27)57-23-7-21-55)28-11-15-30(16-12-28)58-24-8-22-56/h9-20,25-26,55-56H,7-8,21-24H2,1-6H3. The lowest BCUT2D eigenvalue weighted by Crippen LogP contribution is -2.49. The Balaban J connectivity index is 1.51. The number of fused-ring (bicyclic) bond motifs is 4. The topological polar surface area (TPSA) is 58.9 Å². The van der Waals surface area contributed by atoms with Crippen LogP contribution in [0.1, 0.15) is 96.1 Å². The number of rotatable bonds is 12. The molecular weight excluding hydrogens is 883 g/mol. The van der Waals surface area contributed by atoms with E-state index in [0.717, 1.165) is 32.4 Å². The Morgan fingerprint density at radius 1 is 0.500 bits per heavy atom. The van der Waals surface area contributed by atoms with Crippen molar-refractivity contribution in [2.45, 2.75) is 88.4 Å². The molecule has 0 spiro atoms. The molecule has 8 rings (SSSR count). The summed E-state index contributed by atoms with van der Waals surface area (Å²) in [6.07, 6.45) is 0.759. The van der Waals surface area contributed by atoms with Crippen molar-refractivity contribution in [2.75, 3.05) is 26.4 Å². The molecule has 2 N–H and O–H groups in total. The van der Waals surface area contributed by atoms with Gasteiger partial charge in [-0.25, -0.2) is 0 Å². The average Bonchev–Trinajstić information content (AvgIpc) is 4.05. The van der Waals surface area contributed by atoms with E-state index in [1.54, 1.807) is 48.5 Å². The van der Waals surface area contributed by atoms with Gasteiger partial charge in [0.05, 0.1) is 18.6 Å². The number of hydrogen-bond acceptors (Lipinski definition) is 8. The van der Waals surface area contributed by atoms with Gasteiger partial charge in [0, 0.05) is 87.3 Å². The van der Waals surface area contributed by atoms with E-state index in [9.17, 15) is 10.2 Å². The first-order chi connectivity index (χ1) is 29.2. The molecule has 62 heavy (non-hydrogen) atoms. The molecule has 0 saturated heterocycles. The van der Waals surface area contributed by atoms with Crippen LogP contribution >= 0.6 is 45.3 Å². The van der Waals surface area contributed by atoms with Crippen LogP contribution in [0.5, 0.6) is 11.5 Å². The summed E-state index contributed by atoms with van der Waals surface area (Å²) >= 11 is 5.15. The number of benzene rings is 2. The first-order valence-corrected chi connectivity index (χ1v) is 23.5. The van der Waals surface area contributed by atoms with Crippen molar-refractivity contribution in [3.63, 3.8) is 0 Å². The molecule has 0 atom stereocenters. The Kier molecular flexibility index (Phi) is 11.5. The molecule has 14 heteroatoms. The minimum Gasteiger partial charge on any atom is -0.494 e. The smallest absolute Gasteiger partial charge is 0.380 e. The quantitative estimate of drug-likeness (QED) is 0.0948. The molecule has 0 amide bonds. The van der Waals surface area contributed by atoms with Gasteiger partial charge in [-0.3, -0.25) is 0 Å². The zero-order valence-corrected chi connectivity index (χ0v) is 38.2. The highest BCUT2D eigenvalue weighted by Gasteiger charge is 2.81. The molecule has 2 aliphatic carbocycles. The van der Waals surface area contributed by atoms with Crippen molar-refractivity contribution in [2.24, 2.45) is 0 Å². The van der Waals surface area contributed by atoms with E-state index in [2.05, 4.69) is 0 Å². The lowest BCUT2D eigenvalue weighted by Gasteiger charge is -2.36. The van der Waals surface area contributed by atoms with Gasteiger partial charge in [0.25, 0.3) is 0 Å². The normalized spacial score (nSPS) is 17.4. The van der Waals surface area contributed by atoms with Gasteiger partial charge in [-0.15, -0.1) is 45.3 Å². The number of aliphatic hydroxyl groups excluding tert-OH is 2. The number of allylic oxidation sites excluding steroid dienone is 2. The van der Waals surface area contributed by atoms with Crippen LogP contribution < -0.4 is 9.47 Å². The maximum absolute atomic E-state index is 16.9. The third kappa shape index (κ3) is 7.17. The molecule has 6 aromatic rings. The second-order valence-corrected chi connectivity index (χ2v) is 21.9. The Morgan fingerprint density at radius 3 is 1.19 bits per heavy atom. The SMILES string of the molecule is CC(C)(C)c1ccc(-c2cc3c(s2)C(c2ccc(OCCCO)cc2)(c2ccc(OCCCO)cc2)c2sc(-c4ccc(C(C)(C)C)s4)cc2C2=C3C(F)(F)C(F)(F)C2(F)F)s1. The molecule has 4 nitrogen and oxygen atoms in total. The highest BCUT2D eigenvalue weighted by Crippen LogP contribution is 2.70. The molecule has 328 valence electrons. The van der Waals surface area contributed by atoms with E-state index in [1.165, 1.54) is 34.8 Å². The second kappa shape index (κ2) is 16.0. The molecule has 0 saturated carbocycles. The molecule has 2 aromatic carbocycles. The number of halogens is 6. The summed E-state index contributed by atoms with van der Waals surface area (Å²) in [6, 6.07) is 24.3. The number of ether oxygens (including phenoxy) is 2. The summed E-state index contributed by atoms with van der Waals surface area (Å²) in [6.45, 7) is 12.5. The fraction of sp³-hybridized carbons (Fsp3) is 0.375. The van der Waals surface area contributed by atoms with E-state index in [1.807, 2.05) is 65.8 Å². The average molecular weight is 929 g/mol. The van der Waals surface area contributed by atoms with E-state index >= 15 is 26.3 Å². The third-order valence-corrected chi connectivity index (χ3v) is 17.2. The molecule has 0 radical (unpaired) electrons. The number of alkyl halides is 6. The van der Waals surface area contributed by atoms with Crippen LogP contribution in [0.4, 0.5) is 26.3 Å². The molecule has 4 heterocycles. The Bertz CT molecular complexity index is 2440. The maximum atomic E-state index is 16.9. The predicted molar refractivity (Wildman–Crippen MR) is 241 cm³/mol. The molecular formula is C48H46F6O4S4. The van der Waals surface area contributed by atoms with Gasteiger partial charge >= 0.3 is 17.8 Å². The van der Waals surface area contributed by atoms with Crippen LogP contribution in [-0.2, 0) is 16.2 Å². The summed E-state index contributed by atoms with van der Waals surface area (Å²) in [5, 5.41) is 18.8. The van der Waals surface area contributed by atoms with Crippen LogP contribution in [0.3, 0.4) is 0 Å². The molecule has 0 aliphatic heterocycles. The Morgan fingerprint density at radius 2 is 0.871 bits per heavy atom. The van der Waals surface area contributed by atoms with Gasteiger partial charge < -0.3 is 19.7 Å². The summed E-state index contributed by atoms with van der Waals surface area (Å²) in [4.78, 5) is 4.69. The fourth-order valence-corrected chi connectivity index (χ4v) is 13.2. The number of aliphatic hydroxyl groups is 2. The van der Waals surface area contributed by atoms with Crippen LogP contribution in [0.25, 0.3) is 30.7 Å². The van der Waals surface area contributed by atoms with Crippen molar-refractivity contribution >= 4 is 56.5 Å². The van der Waals surface area contributed by atoms with Gasteiger partial charge in [-0.05, 0) is 82.6 Å². The van der Waals surface area contributed by atoms with Crippen molar-refractivity contribution in [1.82, 2.24) is 0 Å². The van der Waals surface area contributed by atoms with Crippen LogP contribution in [0.15, 0.2) is 84.9 Å². The van der Waals surface area contributed by atoms with Gasteiger partial charge in [-0.2, -0.15) is 26.3 Å². The molecule has 0 bridgehead atoms. The van der Waals surface area contributed by atoms with E-state index in [4.69, 9.17) is 9.47 Å². The number of thiophene rings is 4. The summed E-state index contributed by atoms with van der Waals surface area (Å²) in [5.74, 6) is -15.4. The lowest BCUT2D eigenvalue weighted by molar-refractivity contribution is -0.254. The fourth-order valence-electron chi connectivity index (χ4n) is 8.04. The van der Waals surface area contributed by atoms with Gasteiger partial charge in [0.1, 0.15) is 11.5 Å². The molecule has 2 aliphatic rings. The van der Waals surface area contributed by atoms with Gasteiger partial charge in [-0.1, -0.05) is 65.8 Å². The van der Waals surface area contributed by atoms with E-state index in [-0.39, 0.29) is 58.1 Å². The van der Waals surface area contributed by atoms with Gasteiger partial charge in [0.2, 0.25) is 0 Å². The van der Waals surface area contributed by atoms with Crippen molar-refractivity contribution in [3.8, 4) is 31.0 Å². The molecule has 0 fully saturated rings. The van der Waals surface area contributed by atoms with Crippen LogP contribution in [-0.4, -0.2) is 54.4 Å². The van der Waals surface area contributed by atoms with Crippen LogP contribution in [0, 0.1) is 0 Å². The Labute approximate surface area is 373 Å². The van der Waals surface area contributed by atoms with Crippen molar-refractivity contribution in [3.05, 3.63) is 127 Å². The van der Waals surface area contributed by atoms with E-state index < -0.39 is 34.3 Å². The minimum absolute atomic E-state index is 0.0805. The highest BCUT2D eigenvalue weighted by atomic mass is 32.1. The zero-order valence-electron chi connectivity index (χ0n) is 34.9. The lowest BCUT2D eigenvalue weighted by atomic mass is 9.70. The summed E-state index contributed by atoms with van der Waals surface area (Å²) in [7, 11) is 0. The second-order valence-electron chi connectivity index (χ2n) is 17.7. The molecule has 0 unspecified atom stereocenters. The predicted octanol–water partition coefficient (Wildman–Crippen LogP) is 13.9. The van der Waals surface area contributed by atoms with E-state index in [0.29, 0.717) is 55.0 Å². The first-order valence-electron chi connectivity index (χ1n) is 20.3. The maximum Gasteiger partial charge on any atom is 0.380 e. The monoisotopic (exact) mass is 928 g/mol. The number of hydrogen-bond donors (Lipinski definition) is 2. The zero-order chi connectivity index (χ0) is 44.6. The molecule has 4 aromatic heterocycles.